The summed E-state index contributed by atoms with van der Waals surface area (Å²) in [5.74, 6) is -8.56. The van der Waals surface area contributed by atoms with Gasteiger partial charge in [0.05, 0.1) is 107 Å². The van der Waals surface area contributed by atoms with Gasteiger partial charge in [-0.2, -0.15) is 15.8 Å². The van der Waals surface area contributed by atoms with Crippen LogP contribution in [0.15, 0.2) is 47.6 Å². The van der Waals surface area contributed by atoms with Gasteiger partial charge in [0.2, 0.25) is 5.79 Å². The molecule has 0 aromatic rings. The Labute approximate surface area is 499 Å². The molecule has 1 saturated carbocycles. The number of carboxylic acid groups (broad SMARTS) is 1. The lowest BCUT2D eigenvalue weighted by atomic mass is 9.79. The van der Waals surface area contributed by atoms with E-state index >= 15 is 0 Å². The number of aliphatic hydroxyl groups excluding tert-OH is 2. The number of piperidine rings is 1. The normalized spacial score (nSPS) is 21.1. The molecule has 0 bridgehead atoms. The quantitative estimate of drug-likeness (QED) is 0.0127. The van der Waals surface area contributed by atoms with Crippen molar-refractivity contribution in [1.29, 1.82) is 15.8 Å². The minimum atomic E-state index is -3.04. The standard InChI is InChI=1S/C64H100N4O16/c1-44(36-48(5)57(71)59(80-9)58(72)49(6)38-47(4)53(69)27-25-45(2)37-51-26-28-54(70)56(39-51)79-8)20-11-10-12-21-46(3)55(84-43-63(40-81-33-17-29-65,41-82-34-18-30-66)42-83-35-19-31-67)24-14-13-22-50(7)64(77,78)60(73)61(74)68-32-16-15-23-52(68)62(75)76/h10-12,20-21,38,44-45,47-48,50-52,54-56,58-59,70,72,77-78H,13-19,22-28,32-37,39-43H2,1-9H3,(H,75,76)/b12-10+,20-11+,46-21+,49-38+/t44-,45+,47-,48-,50-,51+,52+,54-,55?,56-,58-,59+/m1/s1. The molecule has 0 aromatic heterocycles. The van der Waals surface area contributed by atoms with Gasteiger partial charge in [0.1, 0.15) is 24.0 Å². The van der Waals surface area contributed by atoms with Crippen LogP contribution in [-0.4, -0.2) is 169 Å². The first-order valence-corrected chi connectivity index (χ1v) is 30.1. The number of unbranched alkanes of at least 4 members (excludes halogenated alkanes) is 1. The molecule has 20 nitrogen and oxygen atoms in total. The molecule has 1 aliphatic carbocycles. The summed E-state index contributed by atoms with van der Waals surface area (Å²) in [7, 11) is 3.02. The van der Waals surface area contributed by atoms with E-state index in [1.54, 1.807) is 34.0 Å². The SMILES string of the molecule is CO[C@@H]1C[C@H](C[C@@H](C)CCC(=O)[C@H](C)/C=C(\C)[C@@H](O)[C@@H](OC)C(=O)[C@H](C)C[C@H](C)/C=C/C=C/C=C(\C)C(CCCC[C@@H](C)C(O)(O)C(=O)C(=O)N2CCCC[C@H]2C(=O)O)OCC(COCCC#N)(COCCC#N)COCCC#N)CC[C@H]1O. The van der Waals surface area contributed by atoms with Crippen LogP contribution in [0.4, 0.5) is 0 Å². The third kappa shape index (κ3) is 26.3. The van der Waals surface area contributed by atoms with Gasteiger partial charge in [-0.1, -0.05) is 83.9 Å². The zero-order chi connectivity index (χ0) is 62.8. The highest BCUT2D eigenvalue weighted by atomic mass is 16.5. The first-order valence-electron chi connectivity index (χ1n) is 30.1. The van der Waals surface area contributed by atoms with E-state index in [1.807, 2.05) is 44.2 Å². The Balaban J connectivity index is 2.22. The number of aliphatic carboxylic acids is 1. The molecule has 1 amide bonds. The predicted molar refractivity (Wildman–Crippen MR) is 314 cm³/mol. The van der Waals surface area contributed by atoms with Crippen LogP contribution in [0.3, 0.4) is 0 Å². The summed E-state index contributed by atoms with van der Waals surface area (Å²) >= 11 is 0. The number of amides is 1. The number of nitrogens with zero attached hydrogens (tertiary/aromatic N) is 4. The molecular formula is C64H100N4O16. The van der Waals surface area contributed by atoms with Gasteiger partial charge in [-0.25, -0.2) is 4.79 Å². The third-order valence-corrected chi connectivity index (χ3v) is 16.3. The van der Waals surface area contributed by atoms with Gasteiger partial charge in [-0.3, -0.25) is 19.2 Å². The Morgan fingerprint density at radius 2 is 1.38 bits per heavy atom. The highest BCUT2D eigenvalue weighted by Crippen LogP contribution is 2.33. The number of allylic oxidation sites excluding steroid dienone is 6. The highest BCUT2D eigenvalue weighted by Gasteiger charge is 2.47. The Hall–Kier alpha value is -5.02. The maximum atomic E-state index is 13.8. The summed E-state index contributed by atoms with van der Waals surface area (Å²) in [6.07, 6.45) is 15.6. The van der Waals surface area contributed by atoms with Crippen LogP contribution in [0.25, 0.3) is 0 Å². The van der Waals surface area contributed by atoms with Gasteiger partial charge >= 0.3 is 5.97 Å². The molecule has 84 heavy (non-hydrogen) atoms. The number of carbonyl (C=O) groups is 5. The number of aliphatic hydroxyl groups is 4. The number of ketones is 3. The fraction of sp³-hybridized carbons (Fsp3) is 0.750. The second-order valence-electron chi connectivity index (χ2n) is 23.6. The van der Waals surface area contributed by atoms with Crippen molar-refractivity contribution < 1.29 is 77.9 Å². The van der Waals surface area contributed by atoms with Crippen molar-refractivity contribution in [2.24, 2.45) is 40.9 Å². The van der Waals surface area contributed by atoms with E-state index in [1.165, 1.54) is 14.0 Å². The third-order valence-electron chi connectivity index (χ3n) is 16.3. The summed E-state index contributed by atoms with van der Waals surface area (Å²) in [5.41, 5.74) is 0.361. The highest BCUT2D eigenvalue weighted by molar-refractivity contribution is 6.39. The fourth-order valence-corrected chi connectivity index (χ4v) is 11.0. The van der Waals surface area contributed by atoms with Crippen LogP contribution < -0.4 is 0 Å². The molecule has 2 aliphatic rings. The van der Waals surface area contributed by atoms with Crippen LogP contribution in [0.1, 0.15) is 158 Å². The molecule has 1 aliphatic heterocycles. The summed E-state index contributed by atoms with van der Waals surface area (Å²) in [5, 5.41) is 80.7. The molecule has 2 fully saturated rings. The van der Waals surface area contributed by atoms with E-state index in [4.69, 9.17) is 28.4 Å². The summed E-state index contributed by atoms with van der Waals surface area (Å²) in [6, 6.07) is 4.94. The Bertz CT molecular complexity index is 2220. The Kier molecular flexibility index (Phi) is 36.1. The number of hydrogen-bond donors (Lipinski definition) is 5. The lowest BCUT2D eigenvalue weighted by Crippen LogP contribution is -2.57. The monoisotopic (exact) mass is 1180 g/mol. The molecule has 2 rings (SSSR count). The average Bonchev–Trinajstić information content (AvgIpc) is 2.97. The smallest absolute Gasteiger partial charge is 0.326 e. The molecule has 5 N–H and O–H groups in total. The number of Topliss-reactive ketones (excluding diaryl/α,β-unsaturated/α-hetero) is 3. The number of hydrogen-bond acceptors (Lipinski definition) is 18. The molecular weight excluding hydrogens is 1080 g/mol. The van der Waals surface area contributed by atoms with E-state index in [-0.39, 0.29) is 108 Å². The van der Waals surface area contributed by atoms with Crippen LogP contribution in [-0.2, 0) is 52.4 Å². The van der Waals surface area contributed by atoms with Crippen LogP contribution in [0, 0.1) is 74.9 Å². The van der Waals surface area contributed by atoms with Crippen LogP contribution in [0.2, 0.25) is 0 Å². The van der Waals surface area contributed by atoms with Gasteiger partial charge in [0.25, 0.3) is 11.7 Å². The summed E-state index contributed by atoms with van der Waals surface area (Å²) < 4.78 is 35.5. The van der Waals surface area contributed by atoms with E-state index in [2.05, 4.69) is 25.1 Å². The van der Waals surface area contributed by atoms with Crippen LogP contribution >= 0.6 is 0 Å². The molecule has 0 aromatic carbocycles. The Morgan fingerprint density at radius 1 is 0.774 bits per heavy atom. The van der Waals surface area contributed by atoms with E-state index in [0.29, 0.717) is 62.4 Å². The molecule has 1 heterocycles. The largest absolute Gasteiger partial charge is 0.480 e. The lowest BCUT2D eigenvalue weighted by molar-refractivity contribution is -0.205. The molecule has 20 heteroatoms. The van der Waals surface area contributed by atoms with Gasteiger partial charge in [-0.15, -0.1) is 0 Å². The van der Waals surface area contributed by atoms with Gasteiger partial charge in [0, 0.05) is 44.9 Å². The maximum Gasteiger partial charge on any atom is 0.326 e. The number of ether oxygens (including phenoxy) is 6. The summed E-state index contributed by atoms with van der Waals surface area (Å²) in [4.78, 5) is 66.1. The van der Waals surface area contributed by atoms with E-state index < -0.39 is 77.1 Å². The molecule has 1 unspecified atom stereocenters. The van der Waals surface area contributed by atoms with Gasteiger partial charge in [-0.05, 0) is 113 Å². The Morgan fingerprint density at radius 3 is 1.95 bits per heavy atom. The first kappa shape index (κ1) is 75.1. The minimum Gasteiger partial charge on any atom is -0.480 e. The molecule has 12 atom stereocenters. The zero-order valence-corrected chi connectivity index (χ0v) is 51.6. The van der Waals surface area contributed by atoms with Gasteiger partial charge in [0.15, 0.2) is 5.78 Å². The number of carbonyl (C=O) groups excluding carboxylic acids is 4. The first-order chi connectivity index (χ1) is 39.9. The molecule has 472 valence electrons. The predicted octanol–water partition coefficient (Wildman–Crippen LogP) is 7.86. The van der Waals surface area contributed by atoms with Crippen molar-refractivity contribution in [2.45, 2.75) is 200 Å². The zero-order valence-electron chi connectivity index (χ0n) is 51.6. The number of methoxy groups -OCH3 is 2. The lowest BCUT2D eigenvalue weighted by Gasteiger charge is -2.35. The van der Waals surface area contributed by atoms with Crippen molar-refractivity contribution in [1.82, 2.24) is 4.90 Å². The molecule has 0 radical (unpaired) electrons. The number of carboxylic acids is 1. The molecule has 1 saturated heterocycles. The van der Waals surface area contributed by atoms with Gasteiger partial charge < -0.3 is 58.9 Å². The molecule has 0 spiro atoms. The maximum absolute atomic E-state index is 13.8. The van der Waals surface area contributed by atoms with E-state index in [0.717, 1.165) is 42.6 Å². The fourth-order valence-electron chi connectivity index (χ4n) is 11.0. The van der Waals surface area contributed by atoms with Crippen molar-refractivity contribution in [2.75, 3.05) is 67.0 Å². The minimum absolute atomic E-state index is 0.0125. The van der Waals surface area contributed by atoms with Crippen LogP contribution in [0.5, 0.6) is 0 Å². The second-order valence-corrected chi connectivity index (χ2v) is 23.6. The number of likely N-dealkylation sites (tertiary alicyclic amines) is 1. The summed E-state index contributed by atoms with van der Waals surface area (Å²) in [6.45, 7) is 13.4. The average molecular weight is 1180 g/mol. The number of rotatable bonds is 43. The number of nitriles is 3. The van der Waals surface area contributed by atoms with Crippen molar-refractivity contribution in [3.63, 3.8) is 0 Å². The van der Waals surface area contributed by atoms with Crippen molar-refractivity contribution in [3.05, 3.63) is 47.6 Å². The topological polar surface area (TPSA) is 316 Å². The second kappa shape index (κ2) is 40.4. The van der Waals surface area contributed by atoms with E-state index in [9.17, 15) is 65.3 Å². The van der Waals surface area contributed by atoms with Crippen molar-refractivity contribution in [3.8, 4) is 18.2 Å². The van der Waals surface area contributed by atoms with Crippen molar-refractivity contribution >= 4 is 29.2 Å².